The summed E-state index contributed by atoms with van der Waals surface area (Å²) in [5.74, 6) is 0.162. The molecular formula is C11H18N4O2. The van der Waals surface area contributed by atoms with Crippen LogP contribution in [0.3, 0.4) is 0 Å². The fraction of sp³-hybridized carbons (Fsp3) is 0.545. The van der Waals surface area contributed by atoms with E-state index in [1.807, 2.05) is 20.8 Å². The molecule has 0 aliphatic heterocycles. The van der Waals surface area contributed by atoms with Gasteiger partial charge in [0.05, 0.1) is 0 Å². The van der Waals surface area contributed by atoms with Crippen molar-refractivity contribution >= 4 is 5.91 Å². The molecule has 1 aromatic heterocycles. The summed E-state index contributed by atoms with van der Waals surface area (Å²) in [5, 5.41) is 2.76. The van der Waals surface area contributed by atoms with Crippen molar-refractivity contribution in [3.8, 4) is 5.88 Å². The van der Waals surface area contributed by atoms with Gasteiger partial charge in [0.25, 0.3) is 5.91 Å². The molecule has 0 spiro atoms. The number of rotatable bonds is 5. The van der Waals surface area contributed by atoms with Gasteiger partial charge < -0.3 is 15.8 Å². The molecule has 0 radical (unpaired) electrons. The van der Waals surface area contributed by atoms with Crippen LogP contribution < -0.4 is 15.8 Å². The summed E-state index contributed by atoms with van der Waals surface area (Å²) in [7, 11) is 0. The van der Waals surface area contributed by atoms with Crippen molar-refractivity contribution < 1.29 is 9.53 Å². The number of carbonyl (C=O) groups excluding carboxylic acids is 1. The van der Waals surface area contributed by atoms with Gasteiger partial charge in [-0.15, -0.1) is 0 Å². The molecule has 0 saturated heterocycles. The summed E-state index contributed by atoms with van der Waals surface area (Å²) in [6, 6.07) is 1.67. The van der Waals surface area contributed by atoms with Crippen molar-refractivity contribution in [1.82, 2.24) is 15.3 Å². The quantitative estimate of drug-likeness (QED) is 0.754. The van der Waals surface area contributed by atoms with Crippen LogP contribution in [0.4, 0.5) is 0 Å². The number of nitrogens with one attached hydrogen (secondary N) is 1. The second-order valence-corrected chi connectivity index (χ2v) is 4.42. The maximum atomic E-state index is 11.5. The molecule has 1 amide bonds. The van der Waals surface area contributed by atoms with E-state index in [1.165, 1.54) is 6.33 Å². The normalized spacial score (nSPS) is 11.1. The van der Waals surface area contributed by atoms with Crippen LogP contribution in [0.2, 0.25) is 0 Å². The molecule has 94 valence electrons. The number of aryl methyl sites for hydroxylation is 1. The molecule has 6 heteroatoms. The van der Waals surface area contributed by atoms with Gasteiger partial charge in [0.1, 0.15) is 6.33 Å². The third-order valence-corrected chi connectivity index (χ3v) is 2.12. The maximum absolute atomic E-state index is 11.5. The van der Waals surface area contributed by atoms with Crippen LogP contribution >= 0.6 is 0 Å². The number of aromatic nitrogens is 2. The van der Waals surface area contributed by atoms with Gasteiger partial charge in [0.15, 0.2) is 6.61 Å². The number of nitrogens with zero attached hydrogens (tertiary/aromatic N) is 2. The lowest BCUT2D eigenvalue weighted by molar-refractivity contribution is -0.124. The fourth-order valence-electron chi connectivity index (χ4n) is 1.11. The summed E-state index contributed by atoms with van der Waals surface area (Å²) in [5.41, 5.74) is 5.87. The first-order valence-corrected chi connectivity index (χ1v) is 5.35. The van der Waals surface area contributed by atoms with Gasteiger partial charge in [0, 0.05) is 23.8 Å². The summed E-state index contributed by atoms with van der Waals surface area (Å²) in [6.45, 7) is 5.80. The third-order valence-electron chi connectivity index (χ3n) is 2.12. The van der Waals surface area contributed by atoms with E-state index >= 15 is 0 Å². The molecule has 0 atom stereocenters. The zero-order valence-corrected chi connectivity index (χ0v) is 10.4. The smallest absolute Gasteiger partial charge is 0.258 e. The molecule has 0 fully saturated rings. The van der Waals surface area contributed by atoms with Gasteiger partial charge in [-0.25, -0.2) is 9.97 Å². The second kappa shape index (κ2) is 5.58. The van der Waals surface area contributed by atoms with Crippen molar-refractivity contribution in [1.29, 1.82) is 0 Å². The van der Waals surface area contributed by atoms with Crippen molar-refractivity contribution in [3.05, 3.63) is 18.1 Å². The first-order valence-electron chi connectivity index (χ1n) is 5.35. The van der Waals surface area contributed by atoms with Crippen molar-refractivity contribution in [2.75, 3.05) is 13.2 Å². The first-order chi connectivity index (χ1) is 7.93. The van der Waals surface area contributed by atoms with E-state index in [2.05, 4.69) is 15.3 Å². The Bertz CT molecular complexity index is 393. The number of ether oxygens (including phenoxy) is 1. The van der Waals surface area contributed by atoms with Crippen molar-refractivity contribution in [2.45, 2.75) is 26.3 Å². The SMILES string of the molecule is Cc1cc(OCC(=O)NC(C)(C)CN)ncn1. The Hall–Kier alpha value is -1.69. The van der Waals surface area contributed by atoms with Crippen LogP contribution in [-0.4, -0.2) is 34.6 Å². The molecule has 0 saturated carbocycles. The van der Waals surface area contributed by atoms with Crippen molar-refractivity contribution in [2.24, 2.45) is 5.73 Å². The lowest BCUT2D eigenvalue weighted by Gasteiger charge is -2.23. The standard InChI is InChI=1S/C11H18N4O2/c1-8-4-10(14-7-13-8)17-5-9(16)15-11(2,3)6-12/h4,7H,5-6,12H2,1-3H3,(H,15,16). The minimum Gasteiger partial charge on any atom is -0.467 e. The van der Waals surface area contributed by atoms with Crippen LogP contribution in [0.25, 0.3) is 0 Å². The molecule has 0 unspecified atom stereocenters. The lowest BCUT2D eigenvalue weighted by atomic mass is 10.1. The van der Waals surface area contributed by atoms with Crippen molar-refractivity contribution in [3.63, 3.8) is 0 Å². The van der Waals surface area contributed by atoms with Crippen LogP contribution in [0.1, 0.15) is 19.5 Å². The zero-order valence-electron chi connectivity index (χ0n) is 10.4. The summed E-state index contributed by atoms with van der Waals surface area (Å²) < 4.78 is 5.24. The molecule has 3 N–H and O–H groups in total. The van der Waals surface area contributed by atoms with E-state index in [4.69, 9.17) is 10.5 Å². The molecular weight excluding hydrogens is 220 g/mol. The van der Waals surface area contributed by atoms with E-state index in [0.29, 0.717) is 12.4 Å². The van der Waals surface area contributed by atoms with E-state index in [9.17, 15) is 4.79 Å². The number of hydrogen-bond acceptors (Lipinski definition) is 5. The van der Waals surface area contributed by atoms with Gasteiger partial charge in [-0.1, -0.05) is 0 Å². The number of carbonyl (C=O) groups is 1. The molecule has 0 aliphatic carbocycles. The first kappa shape index (κ1) is 13.4. The van der Waals surface area contributed by atoms with Gasteiger partial charge in [0.2, 0.25) is 5.88 Å². The average Bonchev–Trinajstić information content (AvgIpc) is 2.26. The summed E-state index contributed by atoms with van der Waals surface area (Å²) >= 11 is 0. The van der Waals surface area contributed by atoms with E-state index in [0.717, 1.165) is 5.69 Å². The maximum Gasteiger partial charge on any atom is 0.258 e. The Morgan fingerprint density at radius 2 is 2.24 bits per heavy atom. The number of hydrogen-bond donors (Lipinski definition) is 2. The minimum atomic E-state index is -0.429. The second-order valence-electron chi connectivity index (χ2n) is 4.42. The Morgan fingerprint density at radius 1 is 1.53 bits per heavy atom. The Balaban J connectivity index is 2.44. The molecule has 0 aromatic carbocycles. The van der Waals surface area contributed by atoms with Gasteiger partial charge >= 0.3 is 0 Å². The molecule has 1 heterocycles. The van der Waals surface area contributed by atoms with E-state index in [-0.39, 0.29) is 12.5 Å². The predicted octanol–water partition coefficient (Wildman–Crippen LogP) is 0.0173. The molecule has 6 nitrogen and oxygen atoms in total. The largest absolute Gasteiger partial charge is 0.467 e. The topological polar surface area (TPSA) is 90.1 Å². The molecule has 0 bridgehead atoms. The molecule has 1 rings (SSSR count). The predicted molar refractivity (Wildman–Crippen MR) is 63.5 cm³/mol. The highest BCUT2D eigenvalue weighted by atomic mass is 16.5. The summed E-state index contributed by atoms with van der Waals surface area (Å²) in [4.78, 5) is 19.4. The Kier molecular flexibility index (Phi) is 4.39. The zero-order chi connectivity index (χ0) is 12.9. The van der Waals surface area contributed by atoms with Crippen LogP contribution in [0.15, 0.2) is 12.4 Å². The number of amides is 1. The van der Waals surface area contributed by atoms with Crippen LogP contribution in [0, 0.1) is 6.92 Å². The minimum absolute atomic E-state index is 0.0834. The van der Waals surface area contributed by atoms with Gasteiger partial charge in [-0.2, -0.15) is 0 Å². The third kappa shape index (κ3) is 4.78. The molecule has 0 aliphatic rings. The summed E-state index contributed by atoms with van der Waals surface area (Å²) in [6.07, 6.45) is 1.40. The highest BCUT2D eigenvalue weighted by molar-refractivity contribution is 5.78. The molecule has 17 heavy (non-hydrogen) atoms. The van der Waals surface area contributed by atoms with Gasteiger partial charge in [-0.05, 0) is 20.8 Å². The van der Waals surface area contributed by atoms with Crippen LogP contribution in [-0.2, 0) is 4.79 Å². The number of nitrogens with two attached hydrogens (primary N) is 1. The Labute approximate surface area is 101 Å². The average molecular weight is 238 g/mol. The van der Waals surface area contributed by atoms with Gasteiger partial charge in [-0.3, -0.25) is 4.79 Å². The highest BCUT2D eigenvalue weighted by Gasteiger charge is 2.18. The highest BCUT2D eigenvalue weighted by Crippen LogP contribution is 2.05. The lowest BCUT2D eigenvalue weighted by Crippen LogP contribution is -2.50. The fourth-order valence-corrected chi connectivity index (χ4v) is 1.11. The molecule has 1 aromatic rings. The monoisotopic (exact) mass is 238 g/mol. The van der Waals surface area contributed by atoms with E-state index < -0.39 is 5.54 Å². The van der Waals surface area contributed by atoms with Crippen LogP contribution in [0.5, 0.6) is 5.88 Å². The van der Waals surface area contributed by atoms with E-state index in [1.54, 1.807) is 6.07 Å². The Morgan fingerprint density at radius 3 is 2.82 bits per heavy atom.